The number of anilines is 5. The van der Waals surface area contributed by atoms with E-state index < -0.39 is 5.41 Å². The van der Waals surface area contributed by atoms with Crippen molar-refractivity contribution >= 4 is 113 Å². The highest BCUT2D eigenvalue weighted by Crippen LogP contribution is 2.62. The molecule has 1 spiro atoms. The Hall–Kier alpha value is -13.4. The Kier molecular flexibility index (Phi) is 15.2. The van der Waals surface area contributed by atoms with E-state index in [4.69, 9.17) is 0 Å². The van der Waals surface area contributed by atoms with E-state index >= 15 is 0 Å². The van der Waals surface area contributed by atoms with Gasteiger partial charge < -0.3 is 14.8 Å². The predicted molar refractivity (Wildman–Crippen MR) is 461 cm³/mol. The second kappa shape index (κ2) is 26.0. The smallest absolute Gasteiger partial charge is 0.0755 e. The van der Waals surface area contributed by atoms with Crippen LogP contribution in [-0.2, 0) is 5.41 Å². The van der Waals surface area contributed by atoms with Gasteiger partial charge in [-0.15, -0.1) is 22.7 Å². The third kappa shape index (κ3) is 10.3. The number of nitrogens with zero attached hydrogens (tertiary/aromatic N) is 2. The molecule has 1 aliphatic carbocycles. The van der Waals surface area contributed by atoms with E-state index in [0.717, 1.165) is 34.0 Å². The van der Waals surface area contributed by atoms with Crippen molar-refractivity contribution in [2.24, 2.45) is 0 Å². The SMILES string of the molecule is c1ccc(-c2ccccc2-c2ccccc2N(c2ccc(-c3ccc4sc5ccccc5c4c3)cc2)c2ccc3c(c2)C2(c4ccccc4-3)c3ccccc3-n3c4ccccc4c4cccc2c43)cc1.c1ccc(-c2ccccc2-c2ccccc2Nc2ccc(-c3ccc4sc5ccccc5c4c3)cc2)cc1. The number of hydrogen-bond donors (Lipinski definition) is 1. The number of benzene rings is 17. The molecule has 5 heteroatoms. The van der Waals surface area contributed by atoms with Gasteiger partial charge in [0.05, 0.1) is 27.8 Å². The molecule has 0 bridgehead atoms. The van der Waals surface area contributed by atoms with Gasteiger partial charge in [-0.25, -0.2) is 0 Å². The molecule has 0 fully saturated rings. The van der Waals surface area contributed by atoms with Crippen LogP contribution >= 0.6 is 22.7 Å². The van der Waals surface area contributed by atoms with Crippen LogP contribution in [0.25, 0.3) is 146 Å². The van der Waals surface area contributed by atoms with Crippen LogP contribution in [0.3, 0.4) is 0 Å². The molecule has 0 radical (unpaired) electrons. The van der Waals surface area contributed by atoms with Gasteiger partial charge in [-0.2, -0.15) is 0 Å². The van der Waals surface area contributed by atoms with Gasteiger partial charge in [0.1, 0.15) is 0 Å². The van der Waals surface area contributed by atoms with Gasteiger partial charge >= 0.3 is 0 Å². The average molecular weight is 1410 g/mol. The fourth-order valence-electron chi connectivity index (χ4n) is 17.5. The summed E-state index contributed by atoms with van der Waals surface area (Å²) >= 11 is 3.72. The van der Waals surface area contributed by atoms with Crippen LogP contribution in [0.2, 0.25) is 0 Å². The summed E-state index contributed by atoms with van der Waals surface area (Å²) in [6, 6.07) is 147. The monoisotopic (exact) mass is 1410 g/mol. The molecule has 17 aromatic carbocycles. The topological polar surface area (TPSA) is 20.2 Å². The van der Waals surface area contributed by atoms with E-state index in [1.54, 1.807) is 0 Å². The van der Waals surface area contributed by atoms with Gasteiger partial charge in [-0.05, 0) is 186 Å². The van der Waals surface area contributed by atoms with Crippen LogP contribution in [0.15, 0.2) is 400 Å². The van der Waals surface area contributed by atoms with Crippen molar-refractivity contribution in [1.29, 1.82) is 0 Å². The minimum atomic E-state index is -0.582. The molecule has 0 saturated heterocycles. The molecular formula is C103H67N3S2. The van der Waals surface area contributed by atoms with Gasteiger partial charge in [-0.3, -0.25) is 0 Å². The van der Waals surface area contributed by atoms with Crippen molar-refractivity contribution in [2.45, 2.75) is 5.41 Å². The Morgan fingerprint density at radius 3 is 1.36 bits per heavy atom. The second-order valence-electron chi connectivity index (χ2n) is 28.2. The molecule has 4 heterocycles. The van der Waals surface area contributed by atoms with Crippen molar-refractivity contribution in [3.8, 4) is 83.6 Å². The lowest BCUT2D eigenvalue weighted by Crippen LogP contribution is -2.33. The molecule has 108 heavy (non-hydrogen) atoms. The van der Waals surface area contributed by atoms with Crippen LogP contribution in [0, 0.1) is 0 Å². The summed E-state index contributed by atoms with van der Waals surface area (Å²) in [5.74, 6) is 0. The summed E-state index contributed by atoms with van der Waals surface area (Å²) in [5, 5.41) is 11.5. The highest BCUT2D eigenvalue weighted by molar-refractivity contribution is 7.26. The van der Waals surface area contributed by atoms with Crippen LogP contribution in [0.1, 0.15) is 22.3 Å². The van der Waals surface area contributed by atoms with E-state index in [-0.39, 0.29) is 0 Å². The zero-order valence-corrected chi connectivity index (χ0v) is 60.4. The molecule has 1 aliphatic heterocycles. The quantitative estimate of drug-likeness (QED) is 0.139. The van der Waals surface area contributed by atoms with E-state index in [9.17, 15) is 0 Å². The van der Waals surface area contributed by atoms with Crippen LogP contribution in [-0.4, -0.2) is 4.57 Å². The van der Waals surface area contributed by atoms with Gasteiger partial charge in [0, 0.05) is 85.0 Å². The Bertz CT molecular complexity index is 6900. The van der Waals surface area contributed by atoms with Crippen molar-refractivity contribution in [3.05, 3.63) is 423 Å². The number of fused-ring (bicyclic) bond motifs is 18. The standard InChI is InChI=1S/C67H42N2S.C36H25NS/c1-2-17-44(18-3-1)48-19-4-5-20-49(48)52-22-7-12-29-61(52)68(46-36-33-43(34-37-46)45-35-40-65-56(41-45)54-24-9-15-32-64(54)70-65)47-38-39-51-50-21-6-10-26-57(50)67(60(51)42-47)58-27-11-14-31-63(58)69-62-30-13-8-23-53(62)55-25-16-28-59(67)66(55)69;1-2-10-26(11-3-1)29-12-4-5-13-30(29)31-14-6-8-16-34(31)37-28-21-18-25(19-22-28)27-20-23-36-33(24-27)32-15-7-9-17-35(32)38-36/h1-42H;1-24,37H. The van der Waals surface area contributed by atoms with E-state index in [2.05, 4.69) is 415 Å². The molecule has 0 amide bonds. The summed E-state index contributed by atoms with van der Waals surface area (Å²) in [6.45, 7) is 0. The summed E-state index contributed by atoms with van der Waals surface area (Å²) in [6.07, 6.45) is 0. The molecular weight excluding hydrogens is 1340 g/mol. The van der Waals surface area contributed by atoms with E-state index in [1.165, 1.54) is 162 Å². The molecule has 2 aliphatic rings. The Morgan fingerprint density at radius 2 is 0.704 bits per heavy atom. The maximum atomic E-state index is 3.68. The largest absolute Gasteiger partial charge is 0.355 e. The molecule has 3 aromatic heterocycles. The normalized spacial score (nSPS) is 13.2. The van der Waals surface area contributed by atoms with E-state index in [1.807, 2.05) is 22.7 Å². The molecule has 1 atom stereocenters. The highest BCUT2D eigenvalue weighted by Gasteiger charge is 2.51. The van der Waals surface area contributed by atoms with E-state index in [0.29, 0.717) is 0 Å². The van der Waals surface area contributed by atoms with Crippen LogP contribution in [0.4, 0.5) is 28.4 Å². The first-order valence-corrected chi connectivity index (χ1v) is 38.7. The average Bonchev–Trinajstić information content (AvgIpc) is 1.49. The first kappa shape index (κ1) is 63.1. The molecule has 0 saturated carbocycles. The summed E-state index contributed by atoms with van der Waals surface area (Å²) in [7, 11) is 0. The number of rotatable bonds is 11. The van der Waals surface area contributed by atoms with Crippen molar-refractivity contribution in [2.75, 3.05) is 10.2 Å². The lowest BCUT2D eigenvalue weighted by Gasteiger charge is -2.40. The Balaban J connectivity index is 0.000000165. The minimum Gasteiger partial charge on any atom is -0.355 e. The van der Waals surface area contributed by atoms with Gasteiger partial charge in [0.2, 0.25) is 0 Å². The maximum absolute atomic E-state index is 3.68. The molecule has 20 aromatic rings. The van der Waals surface area contributed by atoms with Crippen LogP contribution in [0.5, 0.6) is 0 Å². The summed E-state index contributed by atoms with van der Waals surface area (Å²) in [5.41, 5.74) is 30.9. The van der Waals surface area contributed by atoms with Gasteiger partial charge in [-0.1, -0.05) is 303 Å². The zero-order chi connectivity index (χ0) is 71.2. The van der Waals surface area contributed by atoms with Gasteiger partial charge in [0.15, 0.2) is 0 Å². The summed E-state index contributed by atoms with van der Waals surface area (Å²) in [4.78, 5) is 2.50. The van der Waals surface area contributed by atoms with Crippen LogP contribution < -0.4 is 10.2 Å². The molecule has 1 N–H and O–H groups in total. The predicted octanol–water partition coefficient (Wildman–Crippen LogP) is 29.1. The molecule has 506 valence electrons. The number of para-hydroxylation sites is 5. The van der Waals surface area contributed by atoms with Gasteiger partial charge in [0.25, 0.3) is 0 Å². The fourth-order valence-corrected chi connectivity index (χ4v) is 19.7. The first-order valence-electron chi connectivity index (χ1n) is 37.0. The zero-order valence-electron chi connectivity index (χ0n) is 58.8. The Morgan fingerprint density at radius 1 is 0.250 bits per heavy atom. The highest BCUT2D eigenvalue weighted by atomic mass is 32.1. The number of aromatic nitrogens is 1. The Labute approximate surface area is 635 Å². The lowest BCUT2D eigenvalue weighted by molar-refractivity contribution is 0.748. The first-order chi connectivity index (χ1) is 53.6. The number of thiophene rings is 2. The summed E-state index contributed by atoms with van der Waals surface area (Å²) < 4.78 is 7.84. The third-order valence-electron chi connectivity index (χ3n) is 22.3. The molecule has 22 rings (SSSR count). The maximum Gasteiger partial charge on any atom is 0.0755 e. The second-order valence-corrected chi connectivity index (χ2v) is 30.4. The minimum absolute atomic E-state index is 0.582. The lowest BCUT2D eigenvalue weighted by atomic mass is 9.65. The number of hydrogen-bond acceptors (Lipinski definition) is 4. The van der Waals surface area contributed by atoms with Crippen molar-refractivity contribution in [1.82, 2.24) is 4.57 Å². The molecule has 1 unspecified atom stereocenters. The van der Waals surface area contributed by atoms with Crippen molar-refractivity contribution in [3.63, 3.8) is 0 Å². The van der Waals surface area contributed by atoms with Crippen molar-refractivity contribution < 1.29 is 0 Å². The third-order valence-corrected chi connectivity index (χ3v) is 24.6. The number of nitrogens with one attached hydrogen (secondary N) is 1. The fraction of sp³-hybridized carbons (Fsp3) is 0.00971. The molecule has 3 nitrogen and oxygen atoms in total.